The maximum atomic E-state index is 16.1. The number of carbonyl (C=O) groups excluding carboxylic acids is 2. The zero-order valence-electron chi connectivity index (χ0n) is 23.5. The summed E-state index contributed by atoms with van der Waals surface area (Å²) >= 11 is 0. The standard InChI is InChI=1S/C30H37BFN3O6/c1-34(2)24-18-8-15-7-17-21(25(37)20(15)28(39)30(18,41)27(31)22(26(24)38)29(33)40)19(36)9-16(23(17)32)12-35-10-13-5-3-4-6-14(13)11-35/h9,13-15,18,24,31,36,38-39,41H,3-8,10-12H2,1-2H3,(H2,33,40)/t13?,14?,15-,18-,24-,30+/m0/s1. The van der Waals surface area contributed by atoms with Crippen molar-refractivity contribution >= 4 is 24.6 Å². The average Bonchev–Trinajstić information content (AvgIpc) is 3.31. The number of benzene rings is 1. The van der Waals surface area contributed by atoms with Crippen LogP contribution in [0, 0.1) is 29.5 Å². The van der Waals surface area contributed by atoms with Crippen LogP contribution in [0.2, 0.25) is 0 Å². The van der Waals surface area contributed by atoms with Gasteiger partial charge in [0.05, 0.1) is 0 Å². The molecule has 0 spiro atoms. The molecule has 2 fully saturated rings. The fraction of sp³-hybridized carbons (Fsp3) is 0.567. The number of phenols is 1. The number of primary amides is 1. The Morgan fingerprint density at radius 1 is 1.20 bits per heavy atom. The number of hydrogen-bond acceptors (Lipinski definition) is 8. The number of nitrogens with two attached hydrogens (primary N) is 1. The summed E-state index contributed by atoms with van der Waals surface area (Å²) in [6.45, 7) is 2.13. The number of aromatic hydroxyl groups is 1. The van der Waals surface area contributed by atoms with Gasteiger partial charge >= 0.3 is 202 Å². The molecule has 41 heavy (non-hydrogen) atoms. The van der Waals surface area contributed by atoms with Crippen LogP contribution in [-0.4, -0.2) is 93.7 Å². The Kier molecular flexibility index (Phi) is 6.71. The number of ketones is 1. The summed E-state index contributed by atoms with van der Waals surface area (Å²) in [5.41, 5.74) is 2.60. The van der Waals surface area contributed by atoms with Gasteiger partial charge in [0.15, 0.2) is 0 Å². The van der Waals surface area contributed by atoms with Crippen LogP contribution in [0.5, 0.6) is 5.75 Å². The van der Waals surface area contributed by atoms with Crippen molar-refractivity contribution in [3.8, 4) is 5.75 Å². The molecular formula is C30H37BFN3O6. The predicted molar refractivity (Wildman–Crippen MR) is 152 cm³/mol. The van der Waals surface area contributed by atoms with Gasteiger partial charge in [0.2, 0.25) is 0 Å². The second-order valence-corrected chi connectivity index (χ2v) is 12.8. The van der Waals surface area contributed by atoms with Gasteiger partial charge < -0.3 is 0 Å². The SMILES string of the molecule is B=C1C(C(N)=O)=C(O)[C@@H](N(C)C)[C@@H]2C[C@@H]3Cc4c(F)c(CN5CC6CCCCC6C5)cc(O)c4C(=O)C3=C(O)[C@]12O. The van der Waals surface area contributed by atoms with Gasteiger partial charge in [-0.15, -0.1) is 0 Å². The Morgan fingerprint density at radius 2 is 1.83 bits per heavy atom. The molecule has 1 aromatic rings. The van der Waals surface area contributed by atoms with Crippen molar-refractivity contribution in [3.63, 3.8) is 0 Å². The number of aliphatic hydroxyl groups excluding tert-OH is 2. The van der Waals surface area contributed by atoms with Crippen molar-refractivity contribution in [2.24, 2.45) is 29.4 Å². The van der Waals surface area contributed by atoms with Crippen LogP contribution in [0.1, 0.15) is 53.6 Å². The number of likely N-dealkylation sites (N-methyl/N-ethyl adjacent to an activating group) is 1. The maximum absolute atomic E-state index is 16.1. The van der Waals surface area contributed by atoms with Crippen molar-refractivity contribution < 1.29 is 34.4 Å². The summed E-state index contributed by atoms with van der Waals surface area (Å²) in [5, 5.41) is 45.5. The summed E-state index contributed by atoms with van der Waals surface area (Å²) in [7, 11) is 7.07. The summed E-state index contributed by atoms with van der Waals surface area (Å²) in [6, 6.07) is 0.372. The van der Waals surface area contributed by atoms with Crippen molar-refractivity contribution in [3.05, 3.63) is 51.2 Å². The fourth-order valence-corrected chi connectivity index (χ4v) is 8.51. The van der Waals surface area contributed by atoms with E-state index in [2.05, 4.69) is 12.4 Å². The minimum absolute atomic E-state index is 0.0192. The molecule has 1 aliphatic heterocycles. The van der Waals surface area contributed by atoms with Gasteiger partial charge in [0.25, 0.3) is 0 Å². The molecule has 1 heterocycles. The number of nitrogens with zero attached hydrogens (tertiary/aromatic N) is 2. The van der Waals surface area contributed by atoms with Crippen LogP contribution in [0.15, 0.2) is 28.7 Å². The normalized spacial score (nSPS) is 33.5. The molecule has 9 nitrogen and oxygen atoms in total. The monoisotopic (exact) mass is 565 g/mol. The molecular weight excluding hydrogens is 528 g/mol. The minimum atomic E-state index is -2.27. The first-order chi connectivity index (χ1) is 19.4. The summed E-state index contributed by atoms with van der Waals surface area (Å²) in [5.74, 6) is -4.16. The van der Waals surface area contributed by atoms with Crippen LogP contribution < -0.4 is 5.73 Å². The van der Waals surface area contributed by atoms with E-state index in [-0.39, 0.29) is 46.5 Å². The quantitative estimate of drug-likeness (QED) is 0.344. The van der Waals surface area contributed by atoms with E-state index in [1.165, 1.54) is 31.7 Å². The Morgan fingerprint density at radius 3 is 2.41 bits per heavy atom. The second kappa shape index (κ2) is 9.78. The zero-order valence-corrected chi connectivity index (χ0v) is 23.5. The zero-order chi connectivity index (χ0) is 29.5. The van der Waals surface area contributed by atoms with Crippen molar-refractivity contribution in [1.29, 1.82) is 0 Å². The number of phenolic OH excluding ortho intramolecular Hbond substituents is 1. The van der Waals surface area contributed by atoms with Gasteiger partial charge in [0, 0.05) is 0 Å². The summed E-state index contributed by atoms with van der Waals surface area (Å²) in [6.07, 6.45) is 4.93. The number of allylic oxidation sites excluding steroid dienone is 1. The van der Waals surface area contributed by atoms with E-state index >= 15 is 4.39 Å². The van der Waals surface area contributed by atoms with Gasteiger partial charge in [-0.1, -0.05) is 12.8 Å². The molecule has 1 saturated carbocycles. The molecule has 6 rings (SSSR count). The molecule has 1 aromatic carbocycles. The van der Waals surface area contributed by atoms with E-state index in [4.69, 9.17) is 5.73 Å². The summed E-state index contributed by atoms with van der Waals surface area (Å²) in [4.78, 5) is 29.9. The van der Waals surface area contributed by atoms with Gasteiger partial charge in [-0.25, -0.2) is 0 Å². The third-order valence-corrected chi connectivity index (χ3v) is 10.4. The van der Waals surface area contributed by atoms with Gasteiger partial charge in [-0.3, -0.25) is 0 Å². The number of fused-ring (bicyclic) bond motifs is 4. The molecule has 11 heteroatoms. The Bertz CT molecular complexity index is 1430. The number of Topliss-reactive ketones (excluding diaryl/α,β-unsaturated/α-hetero) is 1. The molecule has 0 bridgehead atoms. The number of halogens is 1. The van der Waals surface area contributed by atoms with Crippen LogP contribution in [0.25, 0.3) is 0 Å². The van der Waals surface area contributed by atoms with Gasteiger partial charge in [-0.05, 0) is 24.7 Å². The Balaban J connectivity index is 1.40. The number of hydrogen-bond donors (Lipinski definition) is 5. The van der Waals surface area contributed by atoms with E-state index < -0.39 is 52.3 Å². The molecule has 2 unspecified atom stereocenters. The number of aliphatic hydroxyl groups is 3. The second-order valence-electron chi connectivity index (χ2n) is 12.8. The molecule has 218 valence electrons. The molecule has 6 N–H and O–H groups in total. The molecule has 1 amide bonds. The van der Waals surface area contributed by atoms with Crippen LogP contribution in [-0.2, 0) is 17.8 Å². The predicted octanol–water partition coefficient (Wildman–Crippen LogP) is 1.39. The van der Waals surface area contributed by atoms with E-state index in [1.54, 1.807) is 19.0 Å². The van der Waals surface area contributed by atoms with E-state index in [0.29, 0.717) is 23.9 Å². The number of likely N-dealkylation sites (tertiary alicyclic amines) is 1. The third kappa shape index (κ3) is 4.03. The molecule has 5 aliphatic rings. The molecule has 1 saturated heterocycles. The first-order valence-electron chi connectivity index (χ1n) is 14.4. The third-order valence-electron chi connectivity index (χ3n) is 10.4. The Hall–Kier alpha value is -3.02. The number of carbonyl (C=O) groups is 2. The molecule has 0 aromatic heterocycles. The first-order valence-corrected chi connectivity index (χ1v) is 14.4. The van der Waals surface area contributed by atoms with Gasteiger partial charge in [0.1, 0.15) is 0 Å². The number of rotatable bonds is 4. The topological polar surface area (TPSA) is 148 Å². The fourth-order valence-electron chi connectivity index (χ4n) is 8.51. The van der Waals surface area contributed by atoms with Crippen molar-refractivity contribution in [1.82, 2.24) is 9.80 Å². The first kappa shape index (κ1) is 28.1. The van der Waals surface area contributed by atoms with Crippen LogP contribution in [0.3, 0.4) is 0 Å². The van der Waals surface area contributed by atoms with E-state index in [0.717, 1.165) is 13.1 Å². The van der Waals surface area contributed by atoms with Crippen LogP contribution in [0.4, 0.5) is 4.39 Å². The van der Waals surface area contributed by atoms with Crippen molar-refractivity contribution in [2.75, 3.05) is 27.2 Å². The van der Waals surface area contributed by atoms with Crippen molar-refractivity contribution in [2.45, 2.75) is 56.7 Å². The molecule has 6 atom stereocenters. The molecule has 4 aliphatic carbocycles. The summed E-state index contributed by atoms with van der Waals surface area (Å²) < 4.78 is 16.1. The Labute approximate surface area is 239 Å². The molecule has 0 radical (unpaired) electrons. The van der Waals surface area contributed by atoms with Gasteiger partial charge in [-0.2, -0.15) is 0 Å². The average molecular weight is 565 g/mol. The number of amides is 1. The van der Waals surface area contributed by atoms with E-state index in [9.17, 15) is 30.0 Å². The van der Waals surface area contributed by atoms with Crippen LogP contribution >= 0.6 is 0 Å². The van der Waals surface area contributed by atoms with E-state index in [1.807, 2.05) is 0 Å².